The summed E-state index contributed by atoms with van der Waals surface area (Å²) in [5, 5.41) is 0. The summed E-state index contributed by atoms with van der Waals surface area (Å²) < 4.78 is 37.2. The Kier molecular flexibility index (Phi) is 5.45. The molecular formula is C17H24FN3O7. The van der Waals surface area contributed by atoms with Crippen LogP contribution in [0.4, 0.5) is 4.39 Å². The molecule has 0 radical (unpaired) electrons. The largest absolute Gasteiger partial charge is 0.462 e. The number of carbonyl (C=O) groups excluding carboxylic acids is 1. The van der Waals surface area contributed by atoms with Crippen molar-refractivity contribution in [2.24, 2.45) is 11.7 Å². The van der Waals surface area contributed by atoms with Gasteiger partial charge in [0.05, 0.1) is 6.20 Å². The molecule has 0 amide bonds. The standard InChI is InChI=1S/C17H24FN3O7/c1-7(2)10(19)15(23)25-6-9-11-12(28-17(3,4)27-11)14(26-9)21-5-8(18)13(22)20-16(21)24/h5,7,9-12,14H,6,19H2,1-4H3,(H,20,22,24)/t9-,10+,11-,12-,14-/m1/s1. The van der Waals surface area contributed by atoms with Gasteiger partial charge in [-0.25, -0.2) is 4.79 Å². The molecule has 3 N–H and O–H groups in total. The van der Waals surface area contributed by atoms with Gasteiger partial charge in [-0.2, -0.15) is 4.39 Å². The van der Waals surface area contributed by atoms with E-state index in [2.05, 4.69) is 0 Å². The van der Waals surface area contributed by atoms with Crippen molar-refractivity contribution in [1.82, 2.24) is 9.55 Å². The molecule has 156 valence electrons. The van der Waals surface area contributed by atoms with E-state index in [1.165, 1.54) is 0 Å². The van der Waals surface area contributed by atoms with Crippen molar-refractivity contribution in [3.05, 3.63) is 32.9 Å². The zero-order chi connectivity index (χ0) is 20.8. The van der Waals surface area contributed by atoms with E-state index in [9.17, 15) is 18.8 Å². The molecule has 0 saturated carbocycles. The van der Waals surface area contributed by atoms with Gasteiger partial charge in [0, 0.05) is 0 Å². The second kappa shape index (κ2) is 7.39. The second-order valence-electron chi connectivity index (χ2n) is 7.67. The molecule has 3 rings (SSSR count). The smallest absolute Gasteiger partial charge is 0.330 e. The third-order valence-corrected chi connectivity index (χ3v) is 4.70. The molecule has 10 nitrogen and oxygen atoms in total. The van der Waals surface area contributed by atoms with Crippen LogP contribution in [0, 0.1) is 11.7 Å². The van der Waals surface area contributed by atoms with Crippen LogP contribution in [0.1, 0.15) is 33.9 Å². The zero-order valence-electron chi connectivity index (χ0n) is 16.0. The lowest BCUT2D eigenvalue weighted by Crippen LogP contribution is -2.40. The van der Waals surface area contributed by atoms with Gasteiger partial charge in [0.15, 0.2) is 12.0 Å². The van der Waals surface area contributed by atoms with Crippen molar-refractivity contribution in [3.8, 4) is 0 Å². The highest BCUT2D eigenvalue weighted by Crippen LogP contribution is 2.42. The number of H-pyrrole nitrogens is 1. The van der Waals surface area contributed by atoms with Gasteiger partial charge in [0.2, 0.25) is 5.82 Å². The molecule has 5 atom stereocenters. The Morgan fingerprint density at radius 3 is 2.64 bits per heavy atom. The minimum atomic E-state index is -1.14. The molecule has 0 spiro atoms. The minimum Gasteiger partial charge on any atom is -0.462 e. The molecule has 11 heteroatoms. The van der Waals surface area contributed by atoms with E-state index >= 15 is 0 Å². The Hall–Kier alpha value is -2.08. The number of aromatic amines is 1. The molecule has 0 aromatic carbocycles. The van der Waals surface area contributed by atoms with E-state index in [1.54, 1.807) is 27.7 Å². The Balaban J connectivity index is 1.83. The lowest BCUT2D eigenvalue weighted by atomic mass is 10.1. The van der Waals surface area contributed by atoms with Crippen molar-refractivity contribution in [2.45, 2.75) is 64.1 Å². The van der Waals surface area contributed by atoms with E-state index in [0.717, 1.165) is 10.8 Å². The zero-order valence-corrected chi connectivity index (χ0v) is 16.0. The number of ether oxygens (including phenoxy) is 4. The average Bonchev–Trinajstić information content (AvgIpc) is 3.08. The van der Waals surface area contributed by atoms with E-state index in [0.29, 0.717) is 0 Å². The third kappa shape index (κ3) is 3.88. The van der Waals surface area contributed by atoms with Crippen molar-refractivity contribution < 1.29 is 28.1 Å². The van der Waals surface area contributed by atoms with Crippen LogP contribution in [0.5, 0.6) is 0 Å². The number of nitrogens with zero attached hydrogens (tertiary/aromatic N) is 1. The fourth-order valence-electron chi connectivity index (χ4n) is 3.20. The quantitative estimate of drug-likeness (QED) is 0.638. The molecule has 0 bridgehead atoms. The molecule has 2 aliphatic heterocycles. The Morgan fingerprint density at radius 2 is 2.00 bits per heavy atom. The number of nitrogens with one attached hydrogen (secondary N) is 1. The predicted octanol–water partition coefficient (Wildman–Crippen LogP) is -0.380. The fraction of sp³-hybridized carbons (Fsp3) is 0.706. The van der Waals surface area contributed by atoms with E-state index in [-0.39, 0.29) is 12.5 Å². The third-order valence-electron chi connectivity index (χ3n) is 4.70. The Bertz CT molecular complexity index is 865. The molecule has 1 aromatic heterocycles. The first kappa shape index (κ1) is 20.6. The van der Waals surface area contributed by atoms with Crippen molar-refractivity contribution >= 4 is 5.97 Å². The van der Waals surface area contributed by atoms with Gasteiger partial charge in [-0.1, -0.05) is 13.8 Å². The number of hydrogen-bond donors (Lipinski definition) is 2. The summed E-state index contributed by atoms with van der Waals surface area (Å²) in [6, 6.07) is -0.791. The maximum Gasteiger partial charge on any atom is 0.330 e. The Morgan fingerprint density at radius 1 is 1.36 bits per heavy atom. The van der Waals surface area contributed by atoms with Gasteiger partial charge < -0.3 is 24.7 Å². The lowest BCUT2D eigenvalue weighted by molar-refractivity contribution is -0.203. The molecule has 0 unspecified atom stereocenters. The van der Waals surface area contributed by atoms with Crippen LogP contribution in [-0.2, 0) is 23.7 Å². The van der Waals surface area contributed by atoms with Gasteiger partial charge in [0.25, 0.3) is 5.56 Å². The fourth-order valence-corrected chi connectivity index (χ4v) is 3.20. The number of hydrogen-bond acceptors (Lipinski definition) is 8. The summed E-state index contributed by atoms with van der Waals surface area (Å²) in [6.07, 6.45) is -2.55. The first-order chi connectivity index (χ1) is 13.0. The number of rotatable bonds is 5. The molecule has 2 fully saturated rings. The second-order valence-corrected chi connectivity index (χ2v) is 7.67. The summed E-state index contributed by atoms with van der Waals surface area (Å²) in [7, 11) is 0. The molecular weight excluding hydrogens is 377 g/mol. The lowest BCUT2D eigenvalue weighted by Gasteiger charge is -2.25. The van der Waals surface area contributed by atoms with Crippen LogP contribution >= 0.6 is 0 Å². The molecule has 3 heterocycles. The van der Waals surface area contributed by atoms with Crippen molar-refractivity contribution in [3.63, 3.8) is 0 Å². The van der Waals surface area contributed by atoms with Crippen molar-refractivity contribution in [1.29, 1.82) is 0 Å². The van der Waals surface area contributed by atoms with Gasteiger partial charge >= 0.3 is 11.7 Å². The topological polar surface area (TPSA) is 135 Å². The monoisotopic (exact) mass is 401 g/mol. The summed E-state index contributed by atoms with van der Waals surface area (Å²) in [6.45, 7) is 6.75. The summed E-state index contributed by atoms with van der Waals surface area (Å²) in [5.41, 5.74) is 3.78. The first-order valence-corrected chi connectivity index (χ1v) is 8.94. The number of nitrogens with two attached hydrogens (primary N) is 1. The van der Waals surface area contributed by atoms with Gasteiger partial charge in [-0.15, -0.1) is 0 Å². The number of fused-ring (bicyclic) bond motifs is 1. The van der Waals surface area contributed by atoms with E-state index in [4.69, 9.17) is 24.7 Å². The first-order valence-electron chi connectivity index (χ1n) is 8.94. The highest BCUT2D eigenvalue weighted by atomic mass is 19.1. The normalized spacial score (nSPS) is 29.7. The van der Waals surface area contributed by atoms with Gasteiger partial charge in [0.1, 0.15) is 31.0 Å². The maximum absolute atomic E-state index is 13.7. The minimum absolute atomic E-state index is 0.106. The van der Waals surface area contributed by atoms with Crippen LogP contribution in [0.15, 0.2) is 15.8 Å². The SMILES string of the molecule is CC(C)[C@H](N)C(=O)OC[C@H]1O[C@@H](n2cc(F)c(=O)[nH]c2=O)[C@@H]2OC(C)(C)O[C@@H]21. The highest BCUT2D eigenvalue weighted by molar-refractivity contribution is 5.75. The van der Waals surface area contributed by atoms with Crippen LogP contribution in [0.3, 0.4) is 0 Å². The van der Waals surface area contributed by atoms with E-state index < -0.39 is 59.4 Å². The Labute approximate surface area is 159 Å². The van der Waals surface area contributed by atoms with Crippen LogP contribution in [0.25, 0.3) is 0 Å². The summed E-state index contributed by atoms with van der Waals surface area (Å²) in [4.78, 5) is 37.3. The number of carbonyl (C=O) groups is 1. The van der Waals surface area contributed by atoms with Crippen LogP contribution in [-0.4, -0.2) is 52.3 Å². The van der Waals surface area contributed by atoms with Crippen LogP contribution in [0.2, 0.25) is 0 Å². The molecule has 0 aliphatic carbocycles. The van der Waals surface area contributed by atoms with Gasteiger partial charge in [-0.05, 0) is 19.8 Å². The number of halogens is 1. The highest BCUT2D eigenvalue weighted by Gasteiger charge is 2.56. The summed E-state index contributed by atoms with van der Waals surface area (Å²) >= 11 is 0. The molecule has 1 aromatic rings. The van der Waals surface area contributed by atoms with Gasteiger partial charge in [-0.3, -0.25) is 19.1 Å². The molecule has 2 aliphatic rings. The molecule has 28 heavy (non-hydrogen) atoms. The van der Waals surface area contributed by atoms with Crippen molar-refractivity contribution in [2.75, 3.05) is 6.61 Å². The number of aromatic nitrogens is 2. The predicted molar refractivity (Wildman–Crippen MR) is 92.8 cm³/mol. The molecule has 2 saturated heterocycles. The average molecular weight is 401 g/mol. The van der Waals surface area contributed by atoms with E-state index in [1.807, 2.05) is 4.98 Å². The maximum atomic E-state index is 13.7. The number of esters is 1. The van der Waals surface area contributed by atoms with Crippen LogP contribution < -0.4 is 17.0 Å². The summed E-state index contributed by atoms with van der Waals surface area (Å²) in [5.74, 6) is -2.83.